The Morgan fingerprint density at radius 2 is 2.00 bits per heavy atom. The molecular formula is C19H27N3O3. The zero-order valence-electron chi connectivity index (χ0n) is 14.7. The van der Waals surface area contributed by atoms with Gasteiger partial charge >= 0.3 is 0 Å². The summed E-state index contributed by atoms with van der Waals surface area (Å²) < 4.78 is 11.7. The first-order chi connectivity index (χ1) is 12.2. The number of amides is 1. The Balaban J connectivity index is 1.29. The van der Waals surface area contributed by atoms with Gasteiger partial charge in [-0.25, -0.2) is 0 Å². The molecule has 1 aromatic carbocycles. The van der Waals surface area contributed by atoms with Crippen molar-refractivity contribution in [3.8, 4) is 0 Å². The maximum Gasteiger partial charge on any atom is 0.224 e. The molecule has 25 heavy (non-hydrogen) atoms. The Morgan fingerprint density at radius 1 is 1.20 bits per heavy atom. The minimum Gasteiger partial charge on any atom is -0.377 e. The summed E-state index contributed by atoms with van der Waals surface area (Å²) in [5, 5.41) is 3.36. The van der Waals surface area contributed by atoms with Gasteiger partial charge in [0.15, 0.2) is 0 Å². The molecular weight excluding hydrogens is 318 g/mol. The van der Waals surface area contributed by atoms with Gasteiger partial charge in [-0.2, -0.15) is 0 Å². The van der Waals surface area contributed by atoms with E-state index in [1.165, 1.54) is 11.1 Å². The zero-order valence-corrected chi connectivity index (χ0v) is 14.7. The van der Waals surface area contributed by atoms with Crippen LogP contribution in [0.25, 0.3) is 0 Å². The van der Waals surface area contributed by atoms with Crippen molar-refractivity contribution in [3.05, 3.63) is 35.4 Å². The van der Waals surface area contributed by atoms with E-state index in [1.54, 1.807) is 0 Å². The summed E-state index contributed by atoms with van der Waals surface area (Å²) in [7, 11) is 0. The molecule has 0 unspecified atom stereocenters. The lowest BCUT2D eigenvalue weighted by atomic mass is 10.0. The fourth-order valence-corrected chi connectivity index (χ4v) is 4.00. The van der Waals surface area contributed by atoms with E-state index < -0.39 is 0 Å². The third-order valence-electron chi connectivity index (χ3n) is 5.38. The predicted molar refractivity (Wildman–Crippen MR) is 94.1 cm³/mol. The summed E-state index contributed by atoms with van der Waals surface area (Å²) in [4.78, 5) is 17.0. The Hall–Kier alpha value is -1.47. The lowest BCUT2D eigenvalue weighted by Crippen LogP contribution is -2.59. The Labute approximate surface area is 149 Å². The number of morpholine rings is 1. The number of hydrogen-bond acceptors (Lipinski definition) is 5. The second kappa shape index (κ2) is 7.41. The fourth-order valence-electron chi connectivity index (χ4n) is 4.00. The number of rotatable bonds is 3. The molecule has 2 fully saturated rings. The van der Waals surface area contributed by atoms with Crippen molar-refractivity contribution in [1.82, 2.24) is 15.1 Å². The number of ether oxygens (including phenoxy) is 2. The SMILES string of the molecule is O=C(CCN1Cc2ccccc2C1)N1CCO[C@]2(CNCCOC2)C1. The van der Waals surface area contributed by atoms with Gasteiger partial charge in [0.25, 0.3) is 0 Å². The van der Waals surface area contributed by atoms with Gasteiger partial charge in [-0.15, -0.1) is 0 Å². The van der Waals surface area contributed by atoms with Crippen molar-refractivity contribution in [1.29, 1.82) is 0 Å². The van der Waals surface area contributed by atoms with Crippen LogP contribution in [0.2, 0.25) is 0 Å². The van der Waals surface area contributed by atoms with E-state index in [-0.39, 0.29) is 11.5 Å². The van der Waals surface area contributed by atoms with Gasteiger partial charge in [-0.3, -0.25) is 9.69 Å². The van der Waals surface area contributed by atoms with Crippen molar-refractivity contribution < 1.29 is 14.3 Å². The molecule has 3 aliphatic heterocycles. The number of carbonyl (C=O) groups excluding carboxylic acids is 1. The molecule has 6 heteroatoms. The topological polar surface area (TPSA) is 54.0 Å². The third kappa shape index (κ3) is 3.87. The molecule has 2 saturated heterocycles. The predicted octanol–water partition coefficient (Wildman–Crippen LogP) is 0.610. The van der Waals surface area contributed by atoms with E-state index in [1.807, 2.05) is 4.90 Å². The van der Waals surface area contributed by atoms with E-state index in [0.29, 0.717) is 39.3 Å². The Morgan fingerprint density at radius 3 is 2.80 bits per heavy atom. The molecule has 1 amide bonds. The van der Waals surface area contributed by atoms with Crippen LogP contribution in [0, 0.1) is 0 Å². The number of nitrogens with one attached hydrogen (secondary N) is 1. The first kappa shape index (κ1) is 17.0. The number of fused-ring (bicyclic) bond motifs is 1. The number of benzene rings is 1. The molecule has 0 saturated carbocycles. The summed E-state index contributed by atoms with van der Waals surface area (Å²) in [5.74, 6) is 0.225. The van der Waals surface area contributed by atoms with Gasteiger partial charge in [0.1, 0.15) is 5.60 Å². The normalized spacial score (nSPS) is 27.3. The minimum atomic E-state index is -0.381. The van der Waals surface area contributed by atoms with Gasteiger partial charge in [0.05, 0.1) is 26.4 Å². The largest absolute Gasteiger partial charge is 0.377 e. The minimum absolute atomic E-state index is 0.225. The van der Waals surface area contributed by atoms with E-state index in [4.69, 9.17) is 9.47 Å². The molecule has 4 rings (SSSR count). The molecule has 1 N–H and O–H groups in total. The molecule has 136 valence electrons. The van der Waals surface area contributed by atoms with Crippen LogP contribution >= 0.6 is 0 Å². The highest BCUT2D eigenvalue weighted by molar-refractivity contribution is 5.76. The lowest BCUT2D eigenvalue weighted by Gasteiger charge is -2.42. The summed E-state index contributed by atoms with van der Waals surface area (Å²) in [6.07, 6.45) is 0.568. The van der Waals surface area contributed by atoms with E-state index in [0.717, 1.165) is 32.7 Å². The van der Waals surface area contributed by atoms with Gasteiger partial charge in [0, 0.05) is 45.7 Å². The van der Waals surface area contributed by atoms with Gasteiger partial charge in [-0.05, 0) is 11.1 Å². The maximum atomic E-state index is 12.7. The first-order valence-electron chi connectivity index (χ1n) is 9.23. The standard InChI is InChI=1S/C19H27N3O3/c23-18(5-7-21-11-16-3-1-2-4-17(16)12-21)22-8-10-25-19(14-22)13-20-6-9-24-15-19/h1-4,20H,5-15H2/t19-/m1/s1. The van der Waals surface area contributed by atoms with Crippen molar-refractivity contribution in [2.75, 3.05) is 52.5 Å². The molecule has 3 aliphatic rings. The molecule has 1 spiro atoms. The van der Waals surface area contributed by atoms with Crippen molar-refractivity contribution in [2.45, 2.75) is 25.1 Å². The van der Waals surface area contributed by atoms with Gasteiger partial charge in [0.2, 0.25) is 5.91 Å². The molecule has 0 radical (unpaired) electrons. The second-order valence-corrected chi connectivity index (χ2v) is 7.31. The Bertz CT molecular complexity index is 589. The van der Waals surface area contributed by atoms with E-state index in [2.05, 4.69) is 34.5 Å². The molecule has 1 aromatic rings. The third-order valence-corrected chi connectivity index (χ3v) is 5.38. The maximum absolute atomic E-state index is 12.7. The molecule has 3 heterocycles. The van der Waals surface area contributed by atoms with E-state index >= 15 is 0 Å². The molecule has 0 bridgehead atoms. The highest BCUT2D eigenvalue weighted by Crippen LogP contribution is 2.23. The van der Waals surface area contributed by atoms with Crippen molar-refractivity contribution in [2.24, 2.45) is 0 Å². The molecule has 0 aromatic heterocycles. The smallest absolute Gasteiger partial charge is 0.224 e. The van der Waals surface area contributed by atoms with Crippen LogP contribution in [0.5, 0.6) is 0 Å². The van der Waals surface area contributed by atoms with Crippen molar-refractivity contribution in [3.63, 3.8) is 0 Å². The number of carbonyl (C=O) groups is 1. The highest BCUT2D eigenvalue weighted by Gasteiger charge is 2.39. The highest BCUT2D eigenvalue weighted by atomic mass is 16.5. The van der Waals surface area contributed by atoms with Gasteiger partial charge in [-0.1, -0.05) is 24.3 Å². The fraction of sp³-hybridized carbons (Fsp3) is 0.632. The molecule has 6 nitrogen and oxygen atoms in total. The second-order valence-electron chi connectivity index (χ2n) is 7.31. The van der Waals surface area contributed by atoms with Crippen LogP contribution in [0.1, 0.15) is 17.5 Å². The monoisotopic (exact) mass is 345 g/mol. The van der Waals surface area contributed by atoms with Crippen molar-refractivity contribution >= 4 is 5.91 Å². The number of nitrogens with zero attached hydrogens (tertiary/aromatic N) is 2. The van der Waals surface area contributed by atoms with Crippen LogP contribution in [-0.4, -0.2) is 73.9 Å². The van der Waals surface area contributed by atoms with Crippen LogP contribution in [0.3, 0.4) is 0 Å². The summed E-state index contributed by atoms with van der Waals surface area (Å²) in [6.45, 7) is 7.47. The van der Waals surface area contributed by atoms with Crippen LogP contribution < -0.4 is 5.32 Å². The van der Waals surface area contributed by atoms with Crippen LogP contribution in [-0.2, 0) is 27.4 Å². The quantitative estimate of drug-likeness (QED) is 0.870. The summed E-state index contributed by atoms with van der Waals surface area (Å²) >= 11 is 0. The van der Waals surface area contributed by atoms with E-state index in [9.17, 15) is 4.79 Å². The number of hydrogen-bond donors (Lipinski definition) is 1. The zero-order chi connectivity index (χ0) is 17.1. The molecule has 1 atom stereocenters. The first-order valence-corrected chi connectivity index (χ1v) is 9.23. The van der Waals surface area contributed by atoms with Gasteiger partial charge < -0.3 is 19.7 Å². The average molecular weight is 345 g/mol. The van der Waals surface area contributed by atoms with Crippen LogP contribution in [0.4, 0.5) is 0 Å². The molecule has 0 aliphatic carbocycles. The average Bonchev–Trinajstić information content (AvgIpc) is 2.93. The lowest BCUT2D eigenvalue weighted by molar-refractivity contribution is -0.158. The summed E-state index contributed by atoms with van der Waals surface area (Å²) in [6, 6.07) is 8.54. The van der Waals surface area contributed by atoms with Crippen LogP contribution in [0.15, 0.2) is 24.3 Å². The Kier molecular flexibility index (Phi) is 5.03. The summed E-state index contributed by atoms with van der Waals surface area (Å²) in [5.41, 5.74) is 2.40.